The first-order valence-corrected chi connectivity index (χ1v) is 10.5. The van der Waals surface area contributed by atoms with Gasteiger partial charge in [0, 0.05) is 23.3 Å². The Balaban J connectivity index is 2.00. The largest absolute Gasteiger partial charge is 0.483 e. The minimum Gasteiger partial charge on any atom is -0.483 e. The maximum Gasteiger partial charge on any atom is 0.289 e. The standard InChI is InChI=1S/C18H19ClFN3O4S/c1-11(6-7-28(3,25)26)23-18(24)17-21-9-14(10-22-17)27-12(2)15-5-4-13(20)8-16(15)19/h4-12H,1-3H3,(H,23,24)/b7-6+/t11-,12+/m1/s1. The number of hydrogen-bond donors (Lipinski definition) is 1. The van der Waals surface area contributed by atoms with Gasteiger partial charge in [0.05, 0.1) is 17.4 Å². The summed E-state index contributed by atoms with van der Waals surface area (Å²) >= 11 is 6.01. The van der Waals surface area contributed by atoms with Crippen LogP contribution < -0.4 is 10.1 Å². The first kappa shape index (κ1) is 21.8. The van der Waals surface area contributed by atoms with E-state index in [-0.39, 0.29) is 10.8 Å². The van der Waals surface area contributed by atoms with Crippen molar-refractivity contribution in [1.82, 2.24) is 15.3 Å². The molecule has 2 rings (SSSR count). The van der Waals surface area contributed by atoms with Crippen molar-refractivity contribution < 1.29 is 22.3 Å². The van der Waals surface area contributed by atoms with Crippen LogP contribution in [-0.2, 0) is 9.84 Å². The maximum absolute atomic E-state index is 13.1. The van der Waals surface area contributed by atoms with Crippen LogP contribution in [0.25, 0.3) is 0 Å². The second-order valence-electron chi connectivity index (χ2n) is 6.09. The second-order valence-corrected chi connectivity index (χ2v) is 8.43. The fourth-order valence-electron chi connectivity index (χ4n) is 2.17. The predicted octanol–water partition coefficient (Wildman–Crippen LogP) is 3.09. The molecular formula is C18H19ClFN3O4S. The van der Waals surface area contributed by atoms with Crippen molar-refractivity contribution in [3.05, 3.63) is 64.3 Å². The summed E-state index contributed by atoms with van der Waals surface area (Å²) in [6.07, 6.45) is 4.57. The number of amides is 1. The molecule has 150 valence electrons. The van der Waals surface area contributed by atoms with Gasteiger partial charge in [-0.25, -0.2) is 22.8 Å². The Morgan fingerprint density at radius 3 is 2.50 bits per heavy atom. The Morgan fingerprint density at radius 1 is 1.29 bits per heavy atom. The van der Waals surface area contributed by atoms with Gasteiger partial charge in [-0.1, -0.05) is 23.7 Å². The van der Waals surface area contributed by atoms with Gasteiger partial charge >= 0.3 is 0 Å². The van der Waals surface area contributed by atoms with E-state index in [0.29, 0.717) is 11.3 Å². The molecule has 2 aromatic rings. The highest BCUT2D eigenvalue weighted by atomic mass is 35.5. The van der Waals surface area contributed by atoms with E-state index in [2.05, 4.69) is 15.3 Å². The minimum absolute atomic E-state index is 0.0978. The van der Waals surface area contributed by atoms with Crippen LogP contribution in [0.5, 0.6) is 5.75 Å². The van der Waals surface area contributed by atoms with Crippen molar-refractivity contribution in [3.63, 3.8) is 0 Å². The average molecular weight is 428 g/mol. The van der Waals surface area contributed by atoms with Gasteiger partial charge in [-0.15, -0.1) is 0 Å². The Hall–Kier alpha value is -2.52. The van der Waals surface area contributed by atoms with Crippen molar-refractivity contribution in [2.75, 3.05) is 6.26 Å². The molecule has 7 nitrogen and oxygen atoms in total. The molecule has 1 N–H and O–H groups in total. The quantitative estimate of drug-likeness (QED) is 0.729. The van der Waals surface area contributed by atoms with Gasteiger partial charge in [0.15, 0.2) is 15.6 Å². The smallest absolute Gasteiger partial charge is 0.289 e. The van der Waals surface area contributed by atoms with Crippen molar-refractivity contribution in [1.29, 1.82) is 0 Å². The lowest BCUT2D eigenvalue weighted by Crippen LogP contribution is -2.32. The molecule has 0 fully saturated rings. The van der Waals surface area contributed by atoms with Crippen molar-refractivity contribution in [2.45, 2.75) is 26.0 Å². The van der Waals surface area contributed by atoms with E-state index in [1.165, 1.54) is 36.7 Å². The molecule has 1 aromatic carbocycles. The number of rotatable bonds is 7. The Morgan fingerprint density at radius 2 is 1.93 bits per heavy atom. The molecule has 0 aliphatic carbocycles. The molecule has 1 heterocycles. The maximum atomic E-state index is 13.1. The fraction of sp³-hybridized carbons (Fsp3) is 0.278. The normalized spacial score (nSPS) is 13.9. The number of carbonyl (C=O) groups excluding carboxylic acids is 1. The van der Waals surface area contributed by atoms with Crippen LogP contribution in [-0.4, -0.2) is 36.6 Å². The highest BCUT2D eigenvalue weighted by Gasteiger charge is 2.15. The van der Waals surface area contributed by atoms with Crippen LogP contribution in [0.4, 0.5) is 4.39 Å². The molecular weight excluding hydrogens is 409 g/mol. The average Bonchev–Trinajstić information content (AvgIpc) is 2.59. The number of aromatic nitrogens is 2. The molecule has 0 aliphatic heterocycles. The second kappa shape index (κ2) is 9.11. The summed E-state index contributed by atoms with van der Waals surface area (Å²) in [7, 11) is -3.28. The number of hydrogen-bond acceptors (Lipinski definition) is 6. The third kappa shape index (κ3) is 6.58. The zero-order valence-corrected chi connectivity index (χ0v) is 17.0. The number of halogens is 2. The molecule has 0 bridgehead atoms. The van der Waals surface area contributed by atoms with Crippen LogP contribution in [0.3, 0.4) is 0 Å². The van der Waals surface area contributed by atoms with Gasteiger partial charge in [-0.05, 0) is 26.0 Å². The number of benzene rings is 1. The van der Waals surface area contributed by atoms with E-state index in [9.17, 15) is 17.6 Å². The van der Waals surface area contributed by atoms with Gasteiger partial charge < -0.3 is 10.1 Å². The molecule has 28 heavy (non-hydrogen) atoms. The van der Waals surface area contributed by atoms with E-state index < -0.39 is 33.7 Å². The number of sulfone groups is 1. The third-order valence-corrected chi connectivity index (χ3v) is 4.50. The summed E-state index contributed by atoms with van der Waals surface area (Å²) < 4.78 is 41.0. The molecule has 2 atom stereocenters. The summed E-state index contributed by atoms with van der Waals surface area (Å²) in [4.78, 5) is 20.0. The van der Waals surface area contributed by atoms with Crippen LogP contribution in [0, 0.1) is 5.82 Å². The lowest BCUT2D eigenvalue weighted by atomic mass is 10.1. The van der Waals surface area contributed by atoms with Crippen LogP contribution >= 0.6 is 11.6 Å². The summed E-state index contributed by atoms with van der Waals surface area (Å²) in [5.74, 6) is -0.805. The molecule has 0 radical (unpaired) electrons. The molecule has 0 saturated heterocycles. The summed E-state index contributed by atoms with van der Waals surface area (Å²) in [5.41, 5.74) is 0.594. The minimum atomic E-state index is -3.28. The highest BCUT2D eigenvalue weighted by molar-refractivity contribution is 7.93. The highest BCUT2D eigenvalue weighted by Crippen LogP contribution is 2.27. The van der Waals surface area contributed by atoms with Crippen LogP contribution in [0.1, 0.15) is 36.1 Å². The Bertz CT molecular complexity index is 981. The Labute approximate surface area is 167 Å². The molecule has 0 aliphatic rings. The number of carbonyl (C=O) groups is 1. The van der Waals surface area contributed by atoms with Gasteiger partial charge in [-0.2, -0.15) is 0 Å². The lowest BCUT2D eigenvalue weighted by molar-refractivity contribution is 0.0936. The van der Waals surface area contributed by atoms with Gasteiger partial charge in [0.1, 0.15) is 11.9 Å². The van der Waals surface area contributed by atoms with E-state index in [4.69, 9.17) is 16.3 Å². The first-order chi connectivity index (χ1) is 13.0. The van der Waals surface area contributed by atoms with Crippen LogP contribution in [0.15, 0.2) is 42.1 Å². The van der Waals surface area contributed by atoms with Crippen molar-refractivity contribution >= 4 is 27.3 Å². The van der Waals surface area contributed by atoms with Gasteiger partial charge in [0.25, 0.3) is 5.91 Å². The monoisotopic (exact) mass is 427 g/mol. The van der Waals surface area contributed by atoms with Gasteiger partial charge in [0.2, 0.25) is 5.82 Å². The van der Waals surface area contributed by atoms with Crippen molar-refractivity contribution in [3.8, 4) is 5.75 Å². The topological polar surface area (TPSA) is 98.2 Å². The molecule has 10 heteroatoms. The number of ether oxygens (including phenoxy) is 1. The third-order valence-electron chi connectivity index (χ3n) is 3.52. The van der Waals surface area contributed by atoms with Gasteiger partial charge in [-0.3, -0.25) is 4.79 Å². The Kier molecular flexibility index (Phi) is 7.09. The first-order valence-electron chi connectivity index (χ1n) is 8.18. The number of nitrogens with one attached hydrogen (secondary N) is 1. The number of nitrogens with zero attached hydrogens (tertiary/aromatic N) is 2. The van der Waals surface area contributed by atoms with Crippen molar-refractivity contribution in [2.24, 2.45) is 0 Å². The SMILES string of the molecule is C[C@H](/C=C/S(C)(=O)=O)NC(=O)c1ncc(O[C@@H](C)c2ccc(F)cc2Cl)cn1. The van der Waals surface area contributed by atoms with E-state index in [1.54, 1.807) is 13.8 Å². The fourth-order valence-corrected chi connectivity index (χ4v) is 3.02. The lowest BCUT2D eigenvalue weighted by Gasteiger charge is -2.16. The van der Waals surface area contributed by atoms with E-state index in [1.807, 2.05) is 0 Å². The molecule has 1 aromatic heterocycles. The predicted molar refractivity (Wildman–Crippen MR) is 103 cm³/mol. The molecule has 0 spiro atoms. The molecule has 1 amide bonds. The zero-order chi connectivity index (χ0) is 20.9. The van der Waals surface area contributed by atoms with E-state index in [0.717, 1.165) is 11.7 Å². The summed E-state index contributed by atoms with van der Waals surface area (Å²) in [6, 6.07) is 3.48. The van der Waals surface area contributed by atoms with Crippen LogP contribution in [0.2, 0.25) is 5.02 Å². The van der Waals surface area contributed by atoms with E-state index >= 15 is 0 Å². The summed E-state index contributed by atoms with van der Waals surface area (Å²) in [6.45, 7) is 3.35. The molecule has 0 unspecified atom stereocenters. The molecule has 0 saturated carbocycles. The zero-order valence-electron chi connectivity index (χ0n) is 15.4. The summed E-state index contributed by atoms with van der Waals surface area (Å²) in [5, 5.41) is 3.81.